The smallest absolute Gasteiger partial charge is 0.296 e. The summed E-state index contributed by atoms with van der Waals surface area (Å²) in [5.74, 6) is -0.112. The van der Waals surface area contributed by atoms with Crippen LogP contribution >= 0.6 is 11.3 Å². The molecule has 0 aliphatic rings. The van der Waals surface area contributed by atoms with Crippen molar-refractivity contribution in [3.63, 3.8) is 0 Å². The van der Waals surface area contributed by atoms with E-state index in [1.807, 2.05) is 18.4 Å². The molecule has 0 saturated carbocycles. The fraction of sp³-hybridized carbons (Fsp3) is 0.167. The molecule has 2 aromatic rings. The molecule has 1 aromatic carbocycles. The molecule has 94 valence electrons. The van der Waals surface area contributed by atoms with Crippen molar-refractivity contribution in [2.45, 2.75) is 13.5 Å². The summed E-state index contributed by atoms with van der Waals surface area (Å²) in [6, 6.07) is 6.09. The van der Waals surface area contributed by atoms with Crippen LogP contribution in [0, 0.1) is 17.0 Å². The Morgan fingerprint density at radius 2 is 2.22 bits per heavy atom. The Kier molecular flexibility index (Phi) is 3.47. The van der Waals surface area contributed by atoms with Gasteiger partial charge < -0.3 is 10.4 Å². The standard InChI is InChI=1S/C12H12N2O3S/c1-8-4-5-18-12(8)7-13-10-3-2-9(15)6-11(10)14(16)17/h2-6,13,15H,7H2,1H3. The van der Waals surface area contributed by atoms with Gasteiger partial charge in [0.2, 0.25) is 0 Å². The van der Waals surface area contributed by atoms with Gasteiger partial charge in [0.1, 0.15) is 11.4 Å². The first-order chi connectivity index (χ1) is 8.58. The Morgan fingerprint density at radius 1 is 1.44 bits per heavy atom. The number of nitro benzene ring substituents is 1. The molecule has 2 N–H and O–H groups in total. The monoisotopic (exact) mass is 264 g/mol. The molecule has 0 spiro atoms. The average molecular weight is 264 g/mol. The number of hydrogen-bond donors (Lipinski definition) is 2. The van der Waals surface area contributed by atoms with Crippen LogP contribution in [0.15, 0.2) is 29.6 Å². The van der Waals surface area contributed by atoms with Crippen LogP contribution in [0.1, 0.15) is 10.4 Å². The minimum atomic E-state index is -0.511. The summed E-state index contributed by atoms with van der Waals surface area (Å²) in [5.41, 5.74) is 1.45. The van der Waals surface area contributed by atoms with E-state index in [9.17, 15) is 15.2 Å². The minimum Gasteiger partial charge on any atom is -0.508 e. The highest BCUT2D eigenvalue weighted by atomic mass is 32.1. The molecule has 0 aliphatic heterocycles. The van der Waals surface area contributed by atoms with Crippen LogP contribution in [0.3, 0.4) is 0 Å². The number of phenolic OH excluding ortho intramolecular Hbond substituents is 1. The van der Waals surface area contributed by atoms with E-state index in [1.54, 1.807) is 11.3 Å². The predicted molar refractivity (Wildman–Crippen MR) is 71.1 cm³/mol. The second-order valence-corrected chi connectivity index (χ2v) is 4.84. The van der Waals surface area contributed by atoms with Crippen LogP contribution in [0.4, 0.5) is 11.4 Å². The third-order valence-corrected chi connectivity index (χ3v) is 3.61. The van der Waals surface area contributed by atoms with E-state index in [4.69, 9.17) is 0 Å². The average Bonchev–Trinajstić information content (AvgIpc) is 2.73. The molecule has 0 unspecified atom stereocenters. The minimum absolute atomic E-state index is 0.112. The molecule has 2 rings (SSSR count). The molecule has 0 radical (unpaired) electrons. The van der Waals surface area contributed by atoms with Crippen molar-refractivity contribution in [1.29, 1.82) is 0 Å². The van der Waals surface area contributed by atoms with E-state index in [1.165, 1.54) is 12.1 Å². The third-order valence-electron chi connectivity index (χ3n) is 2.59. The van der Waals surface area contributed by atoms with Gasteiger partial charge in [-0.05, 0) is 36.1 Å². The first-order valence-corrected chi connectivity index (χ1v) is 6.20. The van der Waals surface area contributed by atoms with E-state index in [-0.39, 0.29) is 11.4 Å². The third kappa shape index (κ3) is 2.60. The molecular weight excluding hydrogens is 252 g/mol. The molecule has 6 heteroatoms. The van der Waals surface area contributed by atoms with Crippen molar-refractivity contribution in [3.8, 4) is 5.75 Å². The summed E-state index contributed by atoms with van der Waals surface area (Å²) < 4.78 is 0. The van der Waals surface area contributed by atoms with E-state index in [0.29, 0.717) is 12.2 Å². The van der Waals surface area contributed by atoms with Gasteiger partial charge in [-0.1, -0.05) is 0 Å². The summed E-state index contributed by atoms with van der Waals surface area (Å²) in [4.78, 5) is 11.5. The van der Waals surface area contributed by atoms with E-state index in [0.717, 1.165) is 16.5 Å². The van der Waals surface area contributed by atoms with E-state index >= 15 is 0 Å². The molecular formula is C12H12N2O3S. The number of nitrogens with zero attached hydrogens (tertiary/aromatic N) is 1. The number of nitro groups is 1. The Hall–Kier alpha value is -2.08. The Labute approximate surface area is 108 Å². The van der Waals surface area contributed by atoms with Crippen molar-refractivity contribution < 1.29 is 10.0 Å². The Balaban J connectivity index is 2.19. The van der Waals surface area contributed by atoms with Gasteiger partial charge in [0.15, 0.2) is 0 Å². The number of aromatic hydroxyl groups is 1. The Morgan fingerprint density at radius 3 is 2.83 bits per heavy atom. The van der Waals surface area contributed by atoms with Crippen LogP contribution < -0.4 is 5.32 Å². The number of aryl methyl sites for hydroxylation is 1. The van der Waals surface area contributed by atoms with Gasteiger partial charge >= 0.3 is 0 Å². The van der Waals surface area contributed by atoms with Gasteiger partial charge in [-0.15, -0.1) is 11.3 Å². The van der Waals surface area contributed by atoms with Gasteiger partial charge in [0, 0.05) is 11.4 Å². The molecule has 18 heavy (non-hydrogen) atoms. The largest absolute Gasteiger partial charge is 0.508 e. The van der Waals surface area contributed by atoms with E-state index < -0.39 is 4.92 Å². The molecule has 0 amide bonds. The van der Waals surface area contributed by atoms with Crippen LogP contribution in [-0.4, -0.2) is 10.0 Å². The zero-order valence-electron chi connectivity index (χ0n) is 9.71. The zero-order valence-corrected chi connectivity index (χ0v) is 10.5. The van der Waals surface area contributed by atoms with Gasteiger partial charge in [-0.2, -0.15) is 0 Å². The van der Waals surface area contributed by atoms with Gasteiger partial charge in [0.25, 0.3) is 5.69 Å². The quantitative estimate of drug-likeness (QED) is 0.505. The van der Waals surface area contributed by atoms with Crippen LogP contribution in [-0.2, 0) is 6.54 Å². The van der Waals surface area contributed by atoms with Crippen molar-refractivity contribution >= 4 is 22.7 Å². The lowest BCUT2D eigenvalue weighted by atomic mass is 10.2. The molecule has 1 heterocycles. The predicted octanol–water partition coefficient (Wildman–Crippen LogP) is 3.28. The number of nitrogens with one attached hydrogen (secondary N) is 1. The first kappa shape index (κ1) is 12.4. The molecule has 5 nitrogen and oxygen atoms in total. The fourth-order valence-corrected chi connectivity index (χ4v) is 2.43. The van der Waals surface area contributed by atoms with Crippen molar-refractivity contribution in [1.82, 2.24) is 0 Å². The molecule has 0 bridgehead atoms. The van der Waals surface area contributed by atoms with Gasteiger partial charge in [-0.3, -0.25) is 10.1 Å². The normalized spacial score (nSPS) is 10.3. The van der Waals surface area contributed by atoms with Gasteiger partial charge in [0.05, 0.1) is 11.0 Å². The van der Waals surface area contributed by atoms with Crippen LogP contribution in [0.5, 0.6) is 5.75 Å². The lowest BCUT2D eigenvalue weighted by molar-refractivity contribution is -0.384. The summed E-state index contributed by atoms with van der Waals surface area (Å²) in [7, 11) is 0. The first-order valence-electron chi connectivity index (χ1n) is 5.32. The Bertz CT molecular complexity index is 580. The molecule has 0 fully saturated rings. The molecule has 0 aliphatic carbocycles. The number of thiophene rings is 1. The highest BCUT2D eigenvalue weighted by molar-refractivity contribution is 7.10. The van der Waals surface area contributed by atoms with Crippen LogP contribution in [0.25, 0.3) is 0 Å². The summed E-state index contributed by atoms with van der Waals surface area (Å²) in [5, 5.41) is 25.1. The lowest BCUT2D eigenvalue weighted by Gasteiger charge is -2.07. The second kappa shape index (κ2) is 5.05. The summed E-state index contributed by atoms with van der Waals surface area (Å²) in [6.07, 6.45) is 0. The van der Waals surface area contributed by atoms with Crippen molar-refractivity contribution in [3.05, 3.63) is 50.2 Å². The van der Waals surface area contributed by atoms with Gasteiger partial charge in [-0.25, -0.2) is 0 Å². The summed E-state index contributed by atoms with van der Waals surface area (Å²) >= 11 is 1.60. The molecule has 0 saturated heterocycles. The number of anilines is 1. The highest BCUT2D eigenvalue weighted by Gasteiger charge is 2.14. The lowest BCUT2D eigenvalue weighted by Crippen LogP contribution is -2.02. The maximum Gasteiger partial charge on any atom is 0.296 e. The topological polar surface area (TPSA) is 75.4 Å². The fourth-order valence-electron chi connectivity index (χ4n) is 1.58. The van der Waals surface area contributed by atoms with Crippen molar-refractivity contribution in [2.75, 3.05) is 5.32 Å². The zero-order chi connectivity index (χ0) is 13.1. The van der Waals surface area contributed by atoms with E-state index in [2.05, 4.69) is 5.32 Å². The highest BCUT2D eigenvalue weighted by Crippen LogP contribution is 2.29. The summed E-state index contributed by atoms with van der Waals surface area (Å²) in [6.45, 7) is 2.54. The van der Waals surface area contributed by atoms with Crippen molar-refractivity contribution in [2.24, 2.45) is 0 Å². The number of hydrogen-bond acceptors (Lipinski definition) is 5. The second-order valence-electron chi connectivity index (χ2n) is 3.84. The maximum absolute atomic E-state index is 10.9. The number of phenols is 1. The van der Waals surface area contributed by atoms with Crippen LogP contribution in [0.2, 0.25) is 0 Å². The maximum atomic E-state index is 10.9. The molecule has 1 aromatic heterocycles. The SMILES string of the molecule is Cc1ccsc1CNc1ccc(O)cc1[N+](=O)[O-]. The molecule has 0 atom stereocenters. The number of benzene rings is 1. The number of rotatable bonds is 4.